The molecule has 0 radical (unpaired) electrons. The van der Waals surface area contributed by atoms with Crippen LogP contribution in [0.1, 0.15) is 16.7 Å². The highest BCUT2D eigenvalue weighted by Crippen LogP contribution is 2.25. The van der Waals surface area contributed by atoms with Crippen molar-refractivity contribution in [1.29, 1.82) is 0 Å². The zero-order valence-corrected chi connectivity index (χ0v) is 19.2. The molecule has 5 nitrogen and oxygen atoms in total. The van der Waals surface area contributed by atoms with Gasteiger partial charge in [0, 0.05) is 24.7 Å². The first-order valence-electron chi connectivity index (χ1n) is 11.0. The molecule has 4 rings (SSSR count). The van der Waals surface area contributed by atoms with Crippen molar-refractivity contribution in [1.82, 2.24) is 9.80 Å². The third-order valence-corrected chi connectivity index (χ3v) is 6.26. The van der Waals surface area contributed by atoms with Gasteiger partial charge in [-0.1, -0.05) is 66.2 Å². The molecule has 1 heterocycles. The Kier molecular flexibility index (Phi) is 7.77. The third kappa shape index (κ3) is 5.91. The maximum Gasteiger partial charge on any atom is 0.410 e. The van der Waals surface area contributed by atoms with Gasteiger partial charge in [-0.15, -0.1) is 0 Å². The standard InChI is InChI=1S/C26H25ClF2N2O3/c27-21-9-5-4-8-20(21)14-30(13-19-10-11-22(28)23(29)12-19)24-15-31(16-25(24)32)26(33)34-17-18-6-2-1-3-7-18/h1-12,24-25,32H,13-17H2/t24-,25-/m1/s1. The normalized spacial score (nSPS) is 17.9. The number of amides is 1. The predicted molar refractivity (Wildman–Crippen MR) is 125 cm³/mol. The van der Waals surface area contributed by atoms with Gasteiger partial charge in [-0.2, -0.15) is 0 Å². The molecule has 0 saturated carbocycles. The van der Waals surface area contributed by atoms with Crippen LogP contribution in [0.15, 0.2) is 72.8 Å². The van der Waals surface area contributed by atoms with Gasteiger partial charge in [-0.3, -0.25) is 4.90 Å². The summed E-state index contributed by atoms with van der Waals surface area (Å²) in [5.41, 5.74) is 2.23. The summed E-state index contributed by atoms with van der Waals surface area (Å²) >= 11 is 6.36. The summed E-state index contributed by atoms with van der Waals surface area (Å²) in [5, 5.41) is 11.4. The molecule has 0 unspecified atom stereocenters. The molecule has 34 heavy (non-hydrogen) atoms. The third-order valence-electron chi connectivity index (χ3n) is 5.89. The number of nitrogens with zero attached hydrogens (tertiary/aromatic N) is 2. The maximum absolute atomic E-state index is 13.8. The number of aliphatic hydroxyl groups excluding tert-OH is 1. The lowest BCUT2D eigenvalue weighted by Gasteiger charge is -2.31. The molecule has 0 aliphatic carbocycles. The van der Waals surface area contributed by atoms with Crippen LogP contribution in [0, 0.1) is 11.6 Å². The second kappa shape index (κ2) is 11.0. The SMILES string of the molecule is O=C(OCc1ccccc1)N1C[C@@H](O)[C@H](N(Cc2ccc(F)c(F)c2)Cc2ccccc2Cl)C1. The average Bonchev–Trinajstić information content (AvgIpc) is 3.23. The molecule has 3 aromatic rings. The lowest BCUT2D eigenvalue weighted by Crippen LogP contribution is -2.42. The van der Waals surface area contributed by atoms with E-state index in [2.05, 4.69) is 0 Å². The van der Waals surface area contributed by atoms with Crippen molar-refractivity contribution in [3.05, 3.63) is 106 Å². The molecule has 0 aromatic heterocycles. The van der Waals surface area contributed by atoms with Crippen LogP contribution in [0.3, 0.4) is 0 Å². The summed E-state index contributed by atoms with van der Waals surface area (Å²) in [6, 6.07) is 19.9. The van der Waals surface area contributed by atoms with E-state index < -0.39 is 29.9 Å². The molecule has 0 spiro atoms. The first-order chi connectivity index (χ1) is 16.4. The van der Waals surface area contributed by atoms with Crippen LogP contribution >= 0.6 is 11.6 Å². The quantitative estimate of drug-likeness (QED) is 0.510. The van der Waals surface area contributed by atoms with Crippen molar-refractivity contribution < 1.29 is 23.4 Å². The van der Waals surface area contributed by atoms with Crippen LogP contribution in [-0.2, 0) is 24.4 Å². The van der Waals surface area contributed by atoms with Gasteiger partial charge in [0.25, 0.3) is 0 Å². The van der Waals surface area contributed by atoms with E-state index in [9.17, 15) is 18.7 Å². The summed E-state index contributed by atoms with van der Waals surface area (Å²) in [4.78, 5) is 16.0. The van der Waals surface area contributed by atoms with E-state index in [-0.39, 0.29) is 26.2 Å². The van der Waals surface area contributed by atoms with Crippen LogP contribution in [0.25, 0.3) is 0 Å². The molecule has 1 amide bonds. The number of likely N-dealkylation sites (tertiary alicyclic amines) is 1. The Bertz CT molecular complexity index is 1130. The number of aliphatic hydroxyl groups is 1. The molecule has 2 atom stereocenters. The van der Waals surface area contributed by atoms with Crippen molar-refractivity contribution in [2.45, 2.75) is 31.8 Å². The number of hydrogen-bond acceptors (Lipinski definition) is 4. The van der Waals surface area contributed by atoms with Crippen LogP contribution in [0.5, 0.6) is 0 Å². The van der Waals surface area contributed by atoms with Crippen LogP contribution in [0.2, 0.25) is 5.02 Å². The van der Waals surface area contributed by atoms with E-state index in [1.165, 1.54) is 11.0 Å². The van der Waals surface area contributed by atoms with Crippen LogP contribution in [-0.4, -0.2) is 46.2 Å². The van der Waals surface area contributed by atoms with Gasteiger partial charge in [0.05, 0.1) is 18.7 Å². The first-order valence-corrected chi connectivity index (χ1v) is 11.3. The van der Waals surface area contributed by atoms with Gasteiger partial charge in [0.1, 0.15) is 6.61 Å². The number of ether oxygens (including phenoxy) is 1. The number of carbonyl (C=O) groups is 1. The Morgan fingerprint density at radius 3 is 2.44 bits per heavy atom. The second-order valence-electron chi connectivity index (χ2n) is 8.32. The Balaban J connectivity index is 1.49. The number of rotatable bonds is 7. The van der Waals surface area contributed by atoms with Gasteiger partial charge in [-0.05, 0) is 34.9 Å². The molecular weight excluding hydrogens is 462 g/mol. The highest BCUT2D eigenvalue weighted by Gasteiger charge is 2.38. The van der Waals surface area contributed by atoms with E-state index in [4.69, 9.17) is 16.3 Å². The molecule has 178 valence electrons. The fraction of sp³-hybridized carbons (Fsp3) is 0.269. The minimum atomic E-state index is -0.937. The lowest BCUT2D eigenvalue weighted by atomic mass is 10.1. The van der Waals surface area contributed by atoms with Crippen molar-refractivity contribution in [3.8, 4) is 0 Å². The lowest BCUT2D eigenvalue weighted by molar-refractivity contribution is 0.0727. The zero-order valence-electron chi connectivity index (χ0n) is 18.4. The summed E-state index contributed by atoms with van der Waals surface area (Å²) in [6.07, 6.45) is -1.37. The Hall–Kier alpha value is -3.00. The Morgan fingerprint density at radius 2 is 1.71 bits per heavy atom. The number of hydrogen-bond donors (Lipinski definition) is 1. The molecule has 1 fully saturated rings. The van der Waals surface area contributed by atoms with E-state index in [1.54, 1.807) is 6.07 Å². The van der Waals surface area contributed by atoms with E-state index in [0.29, 0.717) is 17.1 Å². The Labute approximate surface area is 202 Å². The summed E-state index contributed by atoms with van der Waals surface area (Å²) in [5.74, 6) is -1.86. The highest BCUT2D eigenvalue weighted by molar-refractivity contribution is 6.31. The van der Waals surface area contributed by atoms with Gasteiger partial charge in [-0.25, -0.2) is 13.6 Å². The molecule has 3 aromatic carbocycles. The van der Waals surface area contributed by atoms with Crippen molar-refractivity contribution in [2.24, 2.45) is 0 Å². The van der Waals surface area contributed by atoms with E-state index >= 15 is 0 Å². The van der Waals surface area contributed by atoms with Gasteiger partial charge >= 0.3 is 6.09 Å². The molecule has 1 aliphatic rings. The average molecular weight is 487 g/mol. The molecule has 1 N–H and O–H groups in total. The highest BCUT2D eigenvalue weighted by atomic mass is 35.5. The van der Waals surface area contributed by atoms with Crippen molar-refractivity contribution in [2.75, 3.05) is 13.1 Å². The fourth-order valence-electron chi connectivity index (χ4n) is 4.10. The van der Waals surface area contributed by atoms with Crippen molar-refractivity contribution >= 4 is 17.7 Å². The minimum Gasteiger partial charge on any atom is -0.445 e. The van der Waals surface area contributed by atoms with E-state index in [0.717, 1.165) is 23.3 Å². The van der Waals surface area contributed by atoms with E-state index in [1.807, 2.05) is 53.4 Å². The molecule has 0 bridgehead atoms. The molecular formula is C26H25ClF2N2O3. The zero-order chi connectivity index (χ0) is 24.1. The monoisotopic (exact) mass is 486 g/mol. The first kappa shape index (κ1) is 24.1. The van der Waals surface area contributed by atoms with Crippen molar-refractivity contribution in [3.63, 3.8) is 0 Å². The molecule has 1 saturated heterocycles. The number of β-amino-alcohol motifs (C(OH)–C–C–N with tert-alkyl or cyclic N) is 1. The van der Waals surface area contributed by atoms with Gasteiger partial charge in [0.2, 0.25) is 0 Å². The number of benzene rings is 3. The molecule has 1 aliphatic heterocycles. The topological polar surface area (TPSA) is 53.0 Å². The summed E-state index contributed by atoms with van der Waals surface area (Å²) in [6.45, 7) is 1.05. The van der Waals surface area contributed by atoms with Gasteiger partial charge < -0.3 is 14.7 Å². The second-order valence-corrected chi connectivity index (χ2v) is 8.73. The predicted octanol–water partition coefficient (Wildman–Crippen LogP) is 5.00. The summed E-state index contributed by atoms with van der Waals surface area (Å²) < 4.78 is 32.7. The van der Waals surface area contributed by atoms with Crippen LogP contribution < -0.4 is 0 Å². The minimum absolute atomic E-state index is 0.106. The largest absolute Gasteiger partial charge is 0.445 e. The number of carbonyl (C=O) groups excluding carboxylic acids is 1. The maximum atomic E-state index is 13.8. The van der Waals surface area contributed by atoms with Gasteiger partial charge in [0.15, 0.2) is 11.6 Å². The fourth-order valence-corrected chi connectivity index (χ4v) is 4.29. The summed E-state index contributed by atoms with van der Waals surface area (Å²) in [7, 11) is 0. The Morgan fingerprint density at radius 1 is 0.971 bits per heavy atom. The molecule has 8 heteroatoms. The smallest absolute Gasteiger partial charge is 0.410 e. The number of halogens is 3. The van der Waals surface area contributed by atoms with Crippen LogP contribution in [0.4, 0.5) is 13.6 Å².